The second-order valence-electron chi connectivity index (χ2n) is 8.56. The van der Waals surface area contributed by atoms with Gasteiger partial charge < -0.3 is 4.74 Å². The summed E-state index contributed by atoms with van der Waals surface area (Å²) < 4.78 is 5.49. The number of aromatic nitrogens is 1. The maximum atomic E-state index is 12.4. The molecule has 4 aromatic rings. The van der Waals surface area contributed by atoms with E-state index >= 15 is 0 Å². The number of hydrazone groups is 1. The maximum absolute atomic E-state index is 12.4. The number of esters is 1. The number of nitrogens with zero attached hydrogens (tertiary/aromatic N) is 2. The monoisotopic (exact) mass is 455 g/mol. The topological polar surface area (TPSA) is 63.6 Å². The summed E-state index contributed by atoms with van der Waals surface area (Å²) in [6.45, 7) is 6.42. The van der Waals surface area contributed by atoms with Gasteiger partial charge in [-0.15, -0.1) is 11.3 Å². The summed E-state index contributed by atoms with van der Waals surface area (Å²) >= 11 is 1.50. The standard InChI is InChI=1S/C27H25N3O2S/c1-27(2,3)22-13-11-21(12-14-22)25(31)32-23-15-9-19(10-16-23)17-28-30-26-29-24(18-33-26)20-7-5-4-6-8-20/h4-18H,1-3H3,(H,29,30)/b28-17-. The molecule has 3 aromatic carbocycles. The largest absolute Gasteiger partial charge is 0.423 e. The van der Waals surface area contributed by atoms with Gasteiger partial charge in [-0.2, -0.15) is 5.10 Å². The van der Waals surface area contributed by atoms with E-state index in [0.29, 0.717) is 16.4 Å². The second kappa shape index (κ2) is 9.79. The molecule has 0 aliphatic carbocycles. The van der Waals surface area contributed by atoms with Gasteiger partial charge in [0, 0.05) is 10.9 Å². The summed E-state index contributed by atoms with van der Waals surface area (Å²) in [6, 6.07) is 24.7. The highest BCUT2D eigenvalue weighted by Gasteiger charge is 2.15. The molecule has 0 aliphatic heterocycles. The van der Waals surface area contributed by atoms with Crippen molar-refractivity contribution in [3.05, 3.63) is 101 Å². The van der Waals surface area contributed by atoms with Gasteiger partial charge in [0.1, 0.15) is 5.75 Å². The molecule has 1 N–H and O–H groups in total. The molecule has 0 aliphatic rings. The first kappa shape index (κ1) is 22.4. The first-order valence-electron chi connectivity index (χ1n) is 10.6. The zero-order chi connectivity index (χ0) is 23.3. The van der Waals surface area contributed by atoms with E-state index < -0.39 is 0 Å². The van der Waals surface area contributed by atoms with Crippen molar-refractivity contribution in [2.75, 3.05) is 5.43 Å². The zero-order valence-corrected chi connectivity index (χ0v) is 19.6. The van der Waals surface area contributed by atoms with Crippen LogP contribution in [0.15, 0.2) is 89.3 Å². The summed E-state index contributed by atoms with van der Waals surface area (Å²) in [4.78, 5) is 17.0. The molecular formula is C27H25N3O2S. The maximum Gasteiger partial charge on any atom is 0.343 e. The minimum absolute atomic E-state index is 0.0401. The minimum atomic E-state index is -0.378. The van der Waals surface area contributed by atoms with Crippen LogP contribution < -0.4 is 10.2 Å². The number of ether oxygens (including phenoxy) is 1. The van der Waals surface area contributed by atoms with Crippen LogP contribution in [0.25, 0.3) is 11.3 Å². The molecule has 166 valence electrons. The van der Waals surface area contributed by atoms with Crippen molar-refractivity contribution in [1.29, 1.82) is 0 Å². The molecule has 33 heavy (non-hydrogen) atoms. The smallest absolute Gasteiger partial charge is 0.343 e. The average Bonchev–Trinajstić information content (AvgIpc) is 3.29. The lowest BCUT2D eigenvalue weighted by Crippen LogP contribution is -2.12. The molecule has 0 atom stereocenters. The van der Waals surface area contributed by atoms with Gasteiger partial charge in [0.2, 0.25) is 5.13 Å². The number of hydrogen-bond donors (Lipinski definition) is 1. The molecule has 1 aromatic heterocycles. The van der Waals surface area contributed by atoms with Crippen LogP contribution in [-0.4, -0.2) is 17.2 Å². The van der Waals surface area contributed by atoms with Gasteiger partial charge in [-0.05, 0) is 52.9 Å². The van der Waals surface area contributed by atoms with Crippen molar-refractivity contribution in [3.63, 3.8) is 0 Å². The molecule has 5 nitrogen and oxygen atoms in total. The van der Waals surface area contributed by atoms with Crippen LogP contribution in [0.3, 0.4) is 0 Å². The summed E-state index contributed by atoms with van der Waals surface area (Å²) in [5.74, 6) is 0.106. The van der Waals surface area contributed by atoms with Crippen molar-refractivity contribution in [2.45, 2.75) is 26.2 Å². The molecular weight excluding hydrogens is 430 g/mol. The molecule has 0 spiro atoms. The van der Waals surface area contributed by atoms with Crippen LogP contribution in [0.1, 0.15) is 42.3 Å². The lowest BCUT2D eigenvalue weighted by molar-refractivity contribution is 0.0734. The molecule has 0 saturated heterocycles. The fraction of sp³-hybridized carbons (Fsp3) is 0.148. The lowest BCUT2D eigenvalue weighted by atomic mass is 9.87. The van der Waals surface area contributed by atoms with E-state index in [2.05, 4.69) is 36.3 Å². The first-order chi connectivity index (χ1) is 15.9. The molecule has 1 heterocycles. The van der Waals surface area contributed by atoms with Crippen LogP contribution in [0.4, 0.5) is 5.13 Å². The predicted octanol–water partition coefficient (Wildman–Crippen LogP) is 6.77. The number of nitrogens with one attached hydrogen (secondary N) is 1. The third-order valence-electron chi connectivity index (χ3n) is 5.02. The Morgan fingerprint density at radius 2 is 1.67 bits per heavy atom. The zero-order valence-electron chi connectivity index (χ0n) is 18.8. The molecule has 0 unspecified atom stereocenters. The van der Waals surface area contributed by atoms with E-state index in [1.807, 2.05) is 60.0 Å². The van der Waals surface area contributed by atoms with E-state index in [-0.39, 0.29) is 11.4 Å². The Kier molecular flexibility index (Phi) is 6.66. The Morgan fingerprint density at radius 1 is 0.970 bits per heavy atom. The number of benzene rings is 3. The third kappa shape index (κ3) is 5.93. The van der Waals surface area contributed by atoms with Crippen molar-refractivity contribution >= 4 is 28.7 Å². The highest BCUT2D eigenvalue weighted by molar-refractivity contribution is 7.14. The van der Waals surface area contributed by atoms with E-state index in [0.717, 1.165) is 16.8 Å². The number of anilines is 1. The normalized spacial score (nSPS) is 11.5. The van der Waals surface area contributed by atoms with Crippen molar-refractivity contribution in [2.24, 2.45) is 5.10 Å². The van der Waals surface area contributed by atoms with Gasteiger partial charge in [-0.1, -0.05) is 63.2 Å². The quantitative estimate of drug-likeness (QED) is 0.151. The summed E-state index contributed by atoms with van der Waals surface area (Å²) in [5.41, 5.74) is 7.55. The number of carbonyl (C=O) groups excluding carboxylic acids is 1. The fourth-order valence-corrected chi connectivity index (χ4v) is 3.79. The van der Waals surface area contributed by atoms with Crippen LogP contribution in [0.2, 0.25) is 0 Å². The van der Waals surface area contributed by atoms with Crippen LogP contribution in [-0.2, 0) is 5.41 Å². The Morgan fingerprint density at radius 3 is 2.33 bits per heavy atom. The number of hydrogen-bond acceptors (Lipinski definition) is 6. The van der Waals surface area contributed by atoms with Crippen LogP contribution in [0, 0.1) is 0 Å². The highest BCUT2D eigenvalue weighted by Crippen LogP contribution is 2.25. The van der Waals surface area contributed by atoms with E-state index in [1.165, 1.54) is 16.9 Å². The van der Waals surface area contributed by atoms with Crippen LogP contribution in [0.5, 0.6) is 5.75 Å². The second-order valence-corrected chi connectivity index (χ2v) is 9.42. The molecule has 4 rings (SSSR count). The molecule has 0 saturated carbocycles. The number of carbonyl (C=O) groups is 1. The highest BCUT2D eigenvalue weighted by atomic mass is 32.1. The van der Waals surface area contributed by atoms with Gasteiger partial charge in [0.25, 0.3) is 0 Å². The van der Waals surface area contributed by atoms with Gasteiger partial charge in [-0.3, -0.25) is 5.43 Å². The van der Waals surface area contributed by atoms with Gasteiger partial charge >= 0.3 is 5.97 Å². The van der Waals surface area contributed by atoms with E-state index in [4.69, 9.17) is 4.74 Å². The van der Waals surface area contributed by atoms with Gasteiger partial charge in [0.15, 0.2) is 0 Å². The predicted molar refractivity (Wildman–Crippen MR) is 135 cm³/mol. The molecule has 0 amide bonds. The number of thiazole rings is 1. The average molecular weight is 456 g/mol. The first-order valence-corrected chi connectivity index (χ1v) is 11.5. The Hall–Kier alpha value is -3.77. The van der Waals surface area contributed by atoms with Gasteiger partial charge in [-0.25, -0.2) is 9.78 Å². The fourth-order valence-electron chi connectivity index (χ4n) is 3.12. The summed E-state index contributed by atoms with van der Waals surface area (Å²) in [7, 11) is 0. The SMILES string of the molecule is CC(C)(C)c1ccc(C(=O)Oc2ccc(/C=N\Nc3nc(-c4ccccc4)cs3)cc2)cc1. The third-order valence-corrected chi connectivity index (χ3v) is 5.77. The van der Waals surface area contributed by atoms with Gasteiger partial charge in [0.05, 0.1) is 17.5 Å². The molecule has 0 bridgehead atoms. The summed E-state index contributed by atoms with van der Waals surface area (Å²) in [5, 5.41) is 6.96. The lowest BCUT2D eigenvalue weighted by Gasteiger charge is -2.18. The van der Waals surface area contributed by atoms with E-state index in [1.54, 1.807) is 30.5 Å². The summed E-state index contributed by atoms with van der Waals surface area (Å²) in [6.07, 6.45) is 1.69. The number of rotatable bonds is 6. The Bertz CT molecular complexity index is 1240. The van der Waals surface area contributed by atoms with Crippen molar-refractivity contribution < 1.29 is 9.53 Å². The molecule has 0 radical (unpaired) electrons. The van der Waals surface area contributed by atoms with E-state index in [9.17, 15) is 4.79 Å². The molecule has 0 fully saturated rings. The van der Waals surface area contributed by atoms with Crippen molar-refractivity contribution in [3.8, 4) is 17.0 Å². The Balaban J connectivity index is 1.32. The minimum Gasteiger partial charge on any atom is -0.423 e. The Labute approximate surface area is 197 Å². The van der Waals surface area contributed by atoms with Crippen molar-refractivity contribution in [1.82, 2.24) is 4.98 Å². The molecule has 6 heteroatoms. The van der Waals surface area contributed by atoms with Crippen LogP contribution >= 0.6 is 11.3 Å².